The molecule has 24 heavy (non-hydrogen) atoms. The number of carbonyl (C=O) groups is 1. The minimum Gasteiger partial charge on any atom is -0.487 e. The fraction of sp³-hybridized carbons (Fsp3) is 0.350. The quantitative estimate of drug-likeness (QED) is 0.845. The molecular formula is C20H23NO3. The number of hydrogen-bond acceptors (Lipinski definition) is 4. The summed E-state index contributed by atoms with van der Waals surface area (Å²) in [7, 11) is 0. The number of nitrogens with one attached hydrogen (secondary N) is 1. The average molecular weight is 325 g/mol. The van der Waals surface area contributed by atoms with E-state index in [0.29, 0.717) is 5.92 Å². The van der Waals surface area contributed by atoms with E-state index in [9.17, 15) is 4.79 Å². The van der Waals surface area contributed by atoms with Crippen molar-refractivity contribution in [2.45, 2.75) is 32.3 Å². The van der Waals surface area contributed by atoms with Crippen LogP contribution in [0.15, 0.2) is 48.5 Å². The minimum absolute atomic E-state index is 0.167. The molecule has 0 amide bonds. The lowest BCUT2D eigenvalue weighted by atomic mass is 9.85. The van der Waals surface area contributed by atoms with Gasteiger partial charge in [-0.2, -0.15) is 0 Å². The maximum absolute atomic E-state index is 10.8. The van der Waals surface area contributed by atoms with Crippen LogP contribution in [-0.4, -0.2) is 25.2 Å². The Labute approximate surface area is 142 Å². The van der Waals surface area contributed by atoms with Crippen LogP contribution in [0, 0.1) is 0 Å². The smallest absolute Gasteiger partial charge is 0.302 e. The van der Waals surface area contributed by atoms with Crippen molar-refractivity contribution < 1.29 is 14.3 Å². The molecule has 0 radical (unpaired) electrons. The van der Waals surface area contributed by atoms with Crippen molar-refractivity contribution in [3.05, 3.63) is 59.7 Å². The molecule has 1 aliphatic heterocycles. The lowest BCUT2D eigenvalue weighted by molar-refractivity contribution is -0.143. The first-order chi connectivity index (χ1) is 11.6. The lowest BCUT2D eigenvalue weighted by Gasteiger charge is -2.27. The van der Waals surface area contributed by atoms with Gasteiger partial charge in [0.2, 0.25) is 0 Å². The maximum Gasteiger partial charge on any atom is 0.302 e. The van der Waals surface area contributed by atoms with Gasteiger partial charge in [-0.15, -0.1) is 0 Å². The van der Waals surface area contributed by atoms with Crippen molar-refractivity contribution in [2.75, 3.05) is 18.5 Å². The molecule has 3 rings (SSSR count). The Morgan fingerprint density at radius 3 is 2.71 bits per heavy atom. The topological polar surface area (TPSA) is 47.6 Å². The van der Waals surface area contributed by atoms with Crippen molar-refractivity contribution in [2.24, 2.45) is 0 Å². The molecule has 0 fully saturated rings. The first-order valence-electron chi connectivity index (χ1n) is 8.36. The molecule has 0 bridgehead atoms. The number of benzene rings is 2. The van der Waals surface area contributed by atoms with Crippen molar-refractivity contribution in [1.29, 1.82) is 0 Å². The van der Waals surface area contributed by atoms with E-state index < -0.39 is 0 Å². The van der Waals surface area contributed by atoms with E-state index in [0.717, 1.165) is 18.7 Å². The molecule has 2 unspecified atom stereocenters. The van der Waals surface area contributed by atoms with Gasteiger partial charge in [0.15, 0.2) is 0 Å². The fourth-order valence-corrected chi connectivity index (χ4v) is 3.09. The van der Waals surface area contributed by atoms with Gasteiger partial charge in [0.1, 0.15) is 18.5 Å². The summed E-state index contributed by atoms with van der Waals surface area (Å²) in [6.45, 7) is 4.54. The summed E-state index contributed by atoms with van der Waals surface area (Å²) in [6.07, 6.45) is 0.916. The Bertz CT molecular complexity index is 696. The fourth-order valence-electron chi connectivity index (χ4n) is 3.09. The molecule has 2 atom stereocenters. The highest BCUT2D eigenvalue weighted by atomic mass is 16.6. The molecule has 126 valence electrons. The van der Waals surface area contributed by atoms with Crippen LogP contribution in [0.3, 0.4) is 0 Å². The highest BCUT2D eigenvalue weighted by Gasteiger charge is 2.21. The third kappa shape index (κ3) is 3.88. The van der Waals surface area contributed by atoms with Crippen LogP contribution >= 0.6 is 0 Å². The van der Waals surface area contributed by atoms with E-state index >= 15 is 0 Å². The molecule has 0 saturated heterocycles. The van der Waals surface area contributed by atoms with Gasteiger partial charge in [0, 0.05) is 25.1 Å². The first-order valence-corrected chi connectivity index (χ1v) is 8.36. The highest BCUT2D eigenvalue weighted by molar-refractivity contribution is 5.65. The van der Waals surface area contributed by atoms with Crippen LogP contribution in [0.2, 0.25) is 0 Å². The largest absolute Gasteiger partial charge is 0.487 e. The highest BCUT2D eigenvalue weighted by Crippen LogP contribution is 2.36. The van der Waals surface area contributed by atoms with Crippen LogP contribution in [-0.2, 0) is 9.53 Å². The summed E-state index contributed by atoms with van der Waals surface area (Å²) < 4.78 is 10.7. The number of fused-ring (bicyclic) bond motifs is 1. The van der Waals surface area contributed by atoms with Gasteiger partial charge < -0.3 is 14.8 Å². The number of hydrogen-bond donors (Lipinski definition) is 1. The number of para-hydroxylation sites is 1. The van der Waals surface area contributed by atoms with Gasteiger partial charge >= 0.3 is 5.97 Å². The third-order valence-corrected chi connectivity index (χ3v) is 4.23. The summed E-state index contributed by atoms with van der Waals surface area (Å²) >= 11 is 0. The third-order valence-electron chi connectivity index (χ3n) is 4.23. The zero-order valence-corrected chi connectivity index (χ0v) is 14.1. The Morgan fingerprint density at radius 1 is 1.21 bits per heavy atom. The van der Waals surface area contributed by atoms with E-state index in [-0.39, 0.29) is 18.7 Å². The number of esters is 1. The zero-order valence-electron chi connectivity index (χ0n) is 14.1. The Kier molecular flexibility index (Phi) is 5.04. The van der Waals surface area contributed by atoms with Gasteiger partial charge in [-0.3, -0.25) is 4.79 Å². The second-order valence-corrected chi connectivity index (χ2v) is 6.16. The maximum atomic E-state index is 10.8. The number of rotatable bonds is 5. The van der Waals surface area contributed by atoms with Gasteiger partial charge in [-0.1, -0.05) is 30.3 Å². The summed E-state index contributed by atoms with van der Waals surface area (Å²) in [5, 5.41) is 3.46. The first kappa shape index (κ1) is 16.4. The Morgan fingerprint density at radius 2 is 1.96 bits per heavy atom. The van der Waals surface area contributed by atoms with E-state index in [4.69, 9.17) is 9.47 Å². The molecule has 2 aromatic carbocycles. The molecule has 0 spiro atoms. The number of carbonyl (C=O) groups excluding carboxylic acids is 1. The molecule has 0 saturated carbocycles. The average Bonchev–Trinajstić information content (AvgIpc) is 2.60. The summed E-state index contributed by atoms with van der Waals surface area (Å²) in [6, 6.07) is 16.7. The monoisotopic (exact) mass is 325 g/mol. The van der Waals surface area contributed by atoms with Gasteiger partial charge in [0.05, 0.1) is 0 Å². The van der Waals surface area contributed by atoms with Crippen molar-refractivity contribution in [1.82, 2.24) is 0 Å². The lowest BCUT2D eigenvalue weighted by Crippen LogP contribution is -2.20. The van der Waals surface area contributed by atoms with Gasteiger partial charge in [0.25, 0.3) is 0 Å². The summed E-state index contributed by atoms with van der Waals surface area (Å²) in [5.74, 6) is 0.918. The number of anilines is 1. The summed E-state index contributed by atoms with van der Waals surface area (Å²) in [5.41, 5.74) is 3.87. The molecule has 4 nitrogen and oxygen atoms in total. The van der Waals surface area contributed by atoms with Crippen molar-refractivity contribution >= 4 is 11.7 Å². The van der Waals surface area contributed by atoms with Gasteiger partial charge in [-0.25, -0.2) is 0 Å². The van der Waals surface area contributed by atoms with Crippen LogP contribution < -0.4 is 10.1 Å². The predicted octanol–water partition coefficient (Wildman–Crippen LogP) is 3.96. The molecular weight excluding hydrogens is 302 g/mol. The summed E-state index contributed by atoms with van der Waals surface area (Å²) in [4.78, 5) is 10.8. The molecule has 0 aromatic heterocycles. The van der Waals surface area contributed by atoms with E-state index in [1.807, 2.05) is 19.1 Å². The van der Waals surface area contributed by atoms with Crippen LogP contribution in [0.1, 0.15) is 37.3 Å². The minimum atomic E-state index is -0.287. The number of ether oxygens (including phenoxy) is 2. The van der Waals surface area contributed by atoms with Crippen LogP contribution in [0.4, 0.5) is 5.69 Å². The van der Waals surface area contributed by atoms with Crippen molar-refractivity contribution in [3.63, 3.8) is 0 Å². The molecule has 1 heterocycles. The van der Waals surface area contributed by atoms with E-state index in [2.05, 4.69) is 41.7 Å². The van der Waals surface area contributed by atoms with Gasteiger partial charge in [-0.05, 0) is 42.7 Å². The molecule has 1 aliphatic rings. The van der Waals surface area contributed by atoms with Crippen LogP contribution in [0.5, 0.6) is 5.75 Å². The zero-order chi connectivity index (χ0) is 16.9. The molecule has 1 N–H and O–H groups in total. The van der Waals surface area contributed by atoms with Crippen molar-refractivity contribution in [3.8, 4) is 5.75 Å². The van der Waals surface area contributed by atoms with Crippen LogP contribution in [0.25, 0.3) is 0 Å². The molecule has 0 aliphatic carbocycles. The standard InChI is InChI=1S/C20H23NO3/c1-14(13-23-15(2)22)24-17-9-7-16(8-10-17)18-11-12-21-20-6-4-3-5-19(18)20/h3-10,14,18,21H,11-13H2,1-2H3. The van der Waals surface area contributed by atoms with E-state index in [1.54, 1.807) is 0 Å². The molecule has 4 heteroatoms. The second kappa shape index (κ2) is 7.39. The molecule has 2 aromatic rings. The Hall–Kier alpha value is -2.49. The Balaban J connectivity index is 1.68. The second-order valence-electron chi connectivity index (χ2n) is 6.16. The SMILES string of the molecule is CC(=O)OCC(C)Oc1ccc(C2CCNc3ccccc32)cc1. The van der Waals surface area contributed by atoms with E-state index in [1.165, 1.54) is 23.7 Å². The predicted molar refractivity (Wildman–Crippen MR) is 94.6 cm³/mol. The normalized spacial score (nSPS) is 17.3.